The molecule has 100 valence electrons. The van der Waals surface area contributed by atoms with Crippen LogP contribution < -0.4 is 10.0 Å². The monoisotopic (exact) mass is 290 g/mol. The standard InChI is InChI=1S/C11H15ClN2O3S/c1-8-7-9(12)3-4-10(8)14-11(15)5-6-13-18(2,16)17/h3-4,7,13H,5-6H2,1-2H3,(H,14,15). The topological polar surface area (TPSA) is 75.3 Å². The molecule has 0 aliphatic heterocycles. The lowest BCUT2D eigenvalue weighted by Gasteiger charge is -2.08. The van der Waals surface area contributed by atoms with Crippen LogP contribution in [-0.4, -0.2) is 27.1 Å². The van der Waals surface area contributed by atoms with E-state index in [1.54, 1.807) is 18.2 Å². The van der Waals surface area contributed by atoms with E-state index in [1.807, 2.05) is 6.92 Å². The molecule has 0 aliphatic rings. The normalized spacial score (nSPS) is 11.3. The highest BCUT2D eigenvalue weighted by Crippen LogP contribution is 2.19. The lowest BCUT2D eigenvalue weighted by Crippen LogP contribution is -2.26. The highest BCUT2D eigenvalue weighted by molar-refractivity contribution is 7.88. The lowest BCUT2D eigenvalue weighted by atomic mass is 10.2. The summed E-state index contributed by atoms with van der Waals surface area (Å²) in [5, 5.41) is 3.29. The number of hydrogen-bond donors (Lipinski definition) is 2. The fourth-order valence-electron chi connectivity index (χ4n) is 1.33. The molecule has 0 spiro atoms. The molecule has 7 heteroatoms. The van der Waals surface area contributed by atoms with Crippen LogP contribution in [0.25, 0.3) is 0 Å². The molecular weight excluding hydrogens is 276 g/mol. The zero-order chi connectivity index (χ0) is 13.8. The first-order valence-electron chi connectivity index (χ1n) is 5.28. The van der Waals surface area contributed by atoms with Gasteiger partial charge in [0.1, 0.15) is 0 Å². The van der Waals surface area contributed by atoms with E-state index < -0.39 is 10.0 Å². The van der Waals surface area contributed by atoms with Gasteiger partial charge in [-0.15, -0.1) is 0 Å². The van der Waals surface area contributed by atoms with Crippen molar-refractivity contribution in [1.29, 1.82) is 0 Å². The van der Waals surface area contributed by atoms with Gasteiger partial charge in [0, 0.05) is 23.7 Å². The molecule has 0 aromatic heterocycles. The zero-order valence-electron chi connectivity index (χ0n) is 10.2. The number of halogens is 1. The summed E-state index contributed by atoms with van der Waals surface area (Å²) in [6.07, 6.45) is 1.13. The predicted molar refractivity (Wildman–Crippen MR) is 72.3 cm³/mol. The fraction of sp³-hybridized carbons (Fsp3) is 0.364. The van der Waals surface area contributed by atoms with Crippen molar-refractivity contribution < 1.29 is 13.2 Å². The Bertz CT molecular complexity index is 543. The van der Waals surface area contributed by atoms with Crippen molar-refractivity contribution in [2.24, 2.45) is 0 Å². The van der Waals surface area contributed by atoms with Gasteiger partial charge in [0.15, 0.2) is 0 Å². The van der Waals surface area contributed by atoms with Crippen LogP contribution in [0.2, 0.25) is 5.02 Å². The summed E-state index contributed by atoms with van der Waals surface area (Å²) in [5.74, 6) is -0.253. The molecule has 0 aliphatic carbocycles. The van der Waals surface area contributed by atoms with Gasteiger partial charge in [0.25, 0.3) is 0 Å². The molecule has 1 rings (SSSR count). The van der Waals surface area contributed by atoms with E-state index in [1.165, 1.54) is 0 Å². The Morgan fingerprint density at radius 2 is 2.06 bits per heavy atom. The summed E-state index contributed by atoms with van der Waals surface area (Å²) in [6.45, 7) is 1.91. The number of nitrogens with one attached hydrogen (secondary N) is 2. The average Bonchev–Trinajstić information content (AvgIpc) is 2.20. The second kappa shape index (κ2) is 6.17. The molecule has 18 heavy (non-hydrogen) atoms. The zero-order valence-corrected chi connectivity index (χ0v) is 11.7. The van der Waals surface area contributed by atoms with Crippen LogP contribution in [0.3, 0.4) is 0 Å². The minimum Gasteiger partial charge on any atom is -0.326 e. The van der Waals surface area contributed by atoms with Crippen molar-refractivity contribution in [3.8, 4) is 0 Å². The summed E-state index contributed by atoms with van der Waals surface area (Å²) in [6, 6.07) is 5.13. The smallest absolute Gasteiger partial charge is 0.225 e. The summed E-state index contributed by atoms with van der Waals surface area (Å²) in [5.41, 5.74) is 1.52. The van der Waals surface area contributed by atoms with Gasteiger partial charge >= 0.3 is 0 Å². The molecule has 1 amide bonds. The molecule has 0 saturated heterocycles. The number of anilines is 1. The van der Waals surface area contributed by atoms with Crippen molar-refractivity contribution in [2.45, 2.75) is 13.3 Å². The summed E-state index contributed by atoms with van der Waals surface area (Å²) in [4.78, 5) is 11.6. The maximum Gasteiger partial charge on any atom is 0.225 e. The van der Waals surface area contributed by atoms with Gasteiger partial charge in [-0.1, -0.05) is 11.6 Å². The van der Waals surface area contributed by atoms with E-state index in [4.69, 9.17) is 11.6 Å². The van der Waals surface area contributed by atoms with Crippen molar-refractivity contribution in [2.75, 3.05) is 18.1 Å². The number of amides is 1. The first kappa shape index (κ1) is 14.9. The third-order valence-corrected chi connectivity index (χ3v) is 3.14. The van der Waals surface area contributed by atoms with E-state index >= 15 is 0 Å². The van der Waals surface area contributed by atoms with E-state index in [9.17, 15) is 13.2 Å². The molecule has 0 atom stereocenters. The van der Waals surface area contributed by atoms with Gasteiger partial charge in [-0.2, -0.15) is 0 Å². The van der Waals surface area contributed by atoms with Gasteiger partial charge in [0.2, 0.25) is 15.9 Å². The van der Waals surface area contributed by atoms with Crippen LogP contribution in [0.4, 0.5) is 5.69 Å². The van der Waals surface area contributed by atoms with Gasteiger partial charge in [-0.05, 0) is 30.7 Å². The molecular formula is C11H15ClN2O3S. The minimum absolute atomic E-state index is 0.0785. The Hall–Kier alpha value is -1.11. The van der Waals surface area contributed by atoms with Gasteiger partial charge in [-0.3, -0.25) is 4.79 Å². The van der Waals surface area contributed by atoms with Crippen LogP contribution in [0, 0.1) is 6.92 Å². The largest absolute Gasteiger partial charge is 0.326 e. The van der Waals surface area contributed by atoms with Gasteiger partial charge < -0.3 is 5.32 Å². The molecule has 1 aromatic carbocycles. The first-order chi connectivity index (χ1) is 8.28. The van der Waals surface area contributed by atoms with E-state index in [0.29, 0.717) is 10.7 Å². The lowest BCUT2D eigenvalue weighted by molar-refractivity contribution is -0.116. The molecule has 0 fully saturated rings. The van der Waals surface area contributed by atoms with E-state index in [2.05, 4.69) is 10.0 Å². The van der Waals surface area contributed by atoms with Crippen molar-refractivity contribution in [1.82, 2.24) is 4.72 Å². The highest BCUT2D eigenvalue weighted by atomic mass is 35.5. The Morgan fingerprint density at radius 3 is 2.61 bits per heavy atom. The highest BCUT2D eigenvalue weighted by Gasteiger charge is 2.06. The van der Waals surface area contributed by atoms with Crippen LogP contribution in [0.5, 0.6) is 0 Å². The van der Waals surface area contributed by atoms with E-state index in [-0.39, 0.29) is 18.9 Å². The molecule has 1 aromatic rings. The van der Waals surface area contributed by atoms with Crippen LogP contribution in [0.1, 0.15) is 12.0 Å². The molecule has 5 nitrogen and oxygen atoms in total. The predicted octanol–water partition coefficient (Wildman–Crippen LogP) is 1.53. The summed E-state index contributed by atoms with van der Waals surface area (Å²) >= 11 is 5.80. The Kier molecular flexibility index (Phi) is 5.13. The number of rotatable bonds is 5. The Labute approximate surface area is 112 Å². The molecule has 0 saturated carbocycles. The second-order valence-electron chi connectivity index (χ2n) is 3.92. The number of benzene rings is 1. The fourth-order valence-corrected chi connectivity index (χ4v) is 2.03. The molecule has 0 unspecified atom stereocenters. The average molecular weight is 291 g/mol. The first-order valence-corrected chi connectivity index (χ1v) is 7.55. The summed E-state index contributed by atoms with van der Waals surface area (Å²) in [7, 11) is -3.25. The van der Waals surface area contributed by atoms with Crippen molar-refractivity contribution >= 4 is 33.2 Å². The number of carbonyl (C=O) groups is 1. The number of hydrogen-bond acceptors (Lipinski definition) is 3. The summed E-state index contributed by atoms with van der Waals surface area (Å²) < 4.78 is 23.9. The molecule has 0 radical (unpaired) electrons. The number of sulfonamides is 1. The molecule has 2 N–H and O–H groups in total. The third kappa shape index (κ3) is 5.48. The van der Waals surface area contributed by atoms with Gasteiger partial charge in [-0.25, -0.2) is 13.1 Å². The minimum atomic E-state index is -3.25. The maximum absolute atomic E-state index is 11.6. The Morgan fingerprint density at radius 1 is 1.39 bits per heavy atom. The van der Waals surface area contributed by atoms with Crippen LogP contribution >= 0.6 is 11.6 Å². The Balaban J connectivity index is 2.50. The quantitative estimate of drug-likeness (QED) is 0.863. The van der Waals surface area contributed by atoms with Crippen LogP contribution in [-0.2, 0) is 14.8 Å². The molecule has 0 bridgehead atoms. The van der Waals surface area contributed by atoms with Crippen molar-refractivity contribution in [3.05, 3.63) is 28.8 Å². The van der Waals surface area contributed by atoms with Crippen molar-refractivity contribution in [3.63, 3.8) is 0 Å². The number of aryl methyl sites for hydroxylation is 1. The maximum atomic E-state index is 11.6. The van der Waals surface area contributed by atoms with Gasteiger partial charge in [0.05, 0.1) is 6.26 Å². The SMILES string of the molecule is Cc1cc(Cl)ccc1NC(=O)CCNS(C)(=O)=O. The molecule has 0 heterocycles. The second-order valence-corrected chi connectivity index (χ2v) is 6.19. The van der Waals surface area contributed by atoms with Crippen LogP contribution in [0.15, 0.2) is 18.2 Å². The third-order valence-electron chi connectivity index (χ3n) is 2.18. The van der Waals surface area contributed by atoms with E-state index in [0.717, 1.165) is 11.8 Å². The number of carbonyl (C=O) groups excluding carboxylic acids is 1.